The first-order valence-electron chi connectivity index (χ1n) is 14.1. The van der Waals surface area contributed by atoms with Crippen LogP contribution in [-0.2, 0) is 22.2 Å². The van der Waals surface area contributed by atoms with Crippen molar-refractivity contribution < 1.29 is 32.6 Å². The van der Waals surface area contributed by atoms with Crippen LogP contribution in [0.25, 0.3) is 0 Å². The predicted molar refractivity (Wildman–Crippen MR) is 162 cm³/mol. The normalized spacial score (nSPS) is 18.9. The van der Waals surface area contributed by atoms with Crippen LogP contribution in [0.5, 0.6) is 5.75 Å². The van der Waals surface area contributed by atoms with Crippen LogP contribution in [-0.4, -0.2) is 87.3 Å². The molecule has 1 N–H and O–H groups in total. The fraction of sp³-hybridized carbons (Fsp3) is 0.500. The number of hydrogen-bond acceptors (Lipinski definition) is 8. The van der Waals surface area contributed by atoms with Gasteiger partial charge in [0.05, 0.1) is 24.0 Å². The number of carboxylic acids is 1. The Morgan fingerprint density at radius 2 is 1.89 bits per heavy atom. The van der Waals surface area contributed by atoms with Crippen LogP contribution < -0.4 is 14.5 Å². The van der Waals surface area contributed by atoms with Crippen LogP contribution in [0, 0.1) is 11.3 Å². The lowest BCUT2D eigenvalue weighted by molar-refractivity contribution is -0.141. The van der Waals surface area contributed by atoms with Crippen molar-refractivity contribution in [2.45, 2.75) is 58.3 Å². The van der Waals surface area contributed by atoms with E-state index < -0.39 is 34.8 Å². The van der Waals surface area contributed by atoms with Crippen molar-refractivity contribution in [1.82, 2.24) is 14.8 Å². The lowest BCUT2D eigenvalue weighted by Crippen LogP contribution is -2.60. The number of nitrogens with zero attached hydrogens (tertiary/aromatic N) is 6. The highest BCUT2D eigenvalue weighted by Gasteiger charge is 2.51. The van der Waals surface area contributed by atoms with Crippen LogP contribution >= 0.6 is 12.2 Å². The van der Waals surface area contributed by atoms with Crippen molar-refractivity contribution >= 4 is 40.6 Å². The van der Waals surface area contributed by atoms with Crippen LogP contribution in [0.1, 0.15) is 51.4 Å². The van der Waals surface area contributed by atoms with E-state index in [1.54, 1.807) is 30.9 Å². The summed E-state index contributed by atoms with van der Waals surface area (Å²) < 4.78 is 47.0. The van der Waals surface area contributed by atoms with Gasteiger partial charge in [-0.3, -0.25) is 24.3 Å². The number of aromatic nitrogens is 1. The maximum absolute atomic E-state index is 13.6. The number of amides is 1. The van der Waals surface area contributed by atoms with E-state index >= 15 is 0 Å². The number of halogens is 3. The quantitative estimate of drug-likeness (QED) is 0.402. The number of ether oxygens (including phenoxy) is 1. The molecule has 2 aliphatic rings. The molecule has 2 fully saturated rings. The Morgan fingerprint density at radius 3 is 2.48 bits per heavy atom. The van der Waals surface area contributed by atoms with E-state index in [1.165, 1.54) is 6.07 Å². The third kappa shape index (κ3) is 6.50. The average molecular weight is 633 g/mol. The van der Waals surface area contributed by atoms with Crippen molar-refractivity contribution in [3.05, 3.63) is 47.3 Å². The molecule has 2 aliphatic heterocycles. The molecule has 3 heterocycles. The second kappa shape index (κ2) is 12.3. The highest BCUT2D eigenvalue weighted by Crippen LogP contribution is 2.40. The number of nitriles is 1. The van der Waals surface area contributed by atoms with Gasteiger partial charge in [-0.25, -0.2) is 4.98 Å². The maximum Gasteiger partial charge on any atom is 0.419 e. The molecule has 0 bridgehead atoms. The molecule has 0 saturated carbocycles. The number of pyridine rings is 1. The summed E-state index contributed by atoms with van der Waals surface area (Å²) in [5.41, 5.74) is -2.29. The van der Waals surface area contributed by atoms with Crippen LogP contribution in [0.4, 0.5) is 24.5 Å². The van der Waals surface area contributed by atoms with Gasteiger partial charge in [0.25, 0.3) is 5.91 Å². The standard InChI is InChI=1S/C30H35F3N6O4S/c1-6-19-13-20(7-8-24(19)43-12-11-36-9-10-37(17-25(40)41)28(2,3)18-36)39-27(44)38(26(42)29(39,4)5)21-14-22(30(31,32)33)23(15-34)35-16-21/h7-8,13-14,16H,6,9-12,17-18H2,1-5H3,(H,40,41). The fourth-order valence-electron chi connectivity index (χ4n) is 5.68. The number of aliphatic carboxylic acids is 1. The van der Waals surface area contributed by atoms with E-state index in [0.717, 1.165) is 29.3 Å². The SMILES string of the molecule is CCc1cc(N2C(=S)N(c3cnc(C#N)c(C(F)(F)F)c3)C(=O)C2(C)C)ccc1OCCN1CCN(CC(=O)O)C(C)(C)C1. The third-order valence-corrected chi connectivity index (χ3v) is 8.40. The van der Waals surface area contributed by atoms with Crippen LogP contribution in [0.2, 0.25) is 0 Å². The smallest absolute Gasteiger partial charge is 0.419 e. The number of rotatable bonds is 9. The van der Waals surface area contributed by atoms with Crippen molar-refractivity contribution in [1.29, 1.82) is 5.26 Å². The van der Waals surface area contributed by atoms with E-state index in [4.69, 9.17) is 22.2 Å². The Bertz CT molecular complexity index is 1510. The second-order valence-electron chi connectivity index (χ2n) is 11.9. The molecule has 2 aromatic rings. The van der Waals surface area contributed by atoms with Gasteiger partial charge in [0, 0.05) is 37.4 Å². The second-order valence-corrected chi connectivity index (χ2v) is 12.3. The monoisotopic (exact) mass is 632 g/mol. The summed E-state index contributed by atoms with van der Waals surface area (Å²) in [7, 11) is 0. The molecule has 236 valence electrons. The molecular weight excluding hydrogens is 597 g/mol. The van der Waals surface area contributed by atoms with E-state index in [1.807, 2.05) is 31.7 Å². The minimum absolute atomic E-state index is 0.00310. The van der Waals surface area contributed by atoms with Gasteiger partial charge in [0.15, 0.2) is 10.8 Å². The van der Waals surface area contributed by atoms with Gasteiger partial charge in [-0.2, -0.15) is 18.4 Å². The number of carbonyl (C=O) groups excluding carboxylic acids is 1. The molecule has 0 unspecified atom stereocenters. The summed E-state index contributed by atoms with van der Waals surface area (Å²) in [6.45, 7) is 12.4. The Labute approximate surface area is 259 Å². The fourth-order valence-corrected chi connectivity index (χ4v) is 6.20. The Kier molecular flexibility index (Phi) is 9.25. The number of aryl methyl sites for hydroxylation is 1. The van der Waals surface area contributed by atoms with Crippen molar-refractivity contribution in [3.8, 4) is 11.8 Å². The van der Waals surface area contributed by atoms with Gasteiger partial charge in [-0.15, -0.1) is 0 Å². The van der Waals surface area contributed by atoms with Gasteiger partial charge < -0.3 is 14.7 Å². The minimum atomic E-state index is -4.84. The largest absolute Gasteiger partial charge is 0.492 e. The number of anilines is 2. The van der Waals surface area contributed by atoms with E-state index in [2.05, 4.69) is 9.88 Å². The summed E-state index contributed by atoms with van der Waals surface area (Å²) in [5.74, 6) is -0.716. The first-order chi connectivity index (χ1) is 20.5. The van der Waals surface area contributed by atoms with Crippen LogP contribution in [0.3, 0.4) is 0 Å². The summed E-state index contributed by atoms with van der Waals surface area (Å²) in [6, 6.07) is 7.56. The molecule has 2 saturated heterocycles. The van der Waals surface area contributed by atoms with Crippen LogP contribution in [0.15, 0.2) is 30.5 Å². The number of piperazine rings is 1. The van der Waals surface area contributed by atoms with Gasteiger partial charge in [0.1, 0.15) is 24.0 Å². The average Bonchev–Trinajstić information content (AvgIpc) is 3.11. The highest BCUT2D eigenvalue weighted by atomic mass is 32.1. The zero-order valence-corrected chi connectivity index (χ0v) is 26.1. The molecule has 0 spiro atoms. The zero-order valence-electron chi connectivity index (χ0n) is 25.2. The van der Waals surface area contributed by atoms with Gasteiger partial charge in [-0.05, 0) is 76.2 Å². The lowest BCUT2D eigenvalue weighted by atomic mass is 9.99. The van der Waals surface area contributed by atoms with E-state index in [9.17, 15) is 27.9 Å². The van der Waals surface area contributed by atoms with Crippen molar-refractivity contribution in [3.63, 3.8) is 0 Å². The molecule has 0 radical (unpaired) electrons. The first-order valence-corrected chi connectivity index (χ1v) is 14.5. The van der Waals surface area contributed by atoms with E-state index in [-0.39, 0.29) is 22.9 Å². The summed E-state index contributed by atoms with van der Waals surface area (Å²) >= 11 is 5.64. The molecular formula is C30H35F3N6O4S. The number of carbonyl (C=O) groups is 2. The molecule has 0 aliphatic carbocycles. The summed E-state index contributed by atoms with van der Waals surface area (Å²) in [5, 5.41) is 18.3. The maximum atomic E-state index is 13.6. The number of carboxylic acid groups (broad SMARTS) is 1. The molecule has 0 atom stereocenters. The number of thiocarbonyl (C=S) groups is 1. The molecule has 10 nitrogen and oxygen atoms in total. The van der Waals surface area contributed by atoms with E-state index in [0.29, 0.717) is 44.1 Å². The molecule has 4 rings (SSSR count). The molecule has 14 heteroatoms. The number of benzene rings is 1. The Balaban J connectivity index is 1.51. The Hall–Kier alpha value is -3.80. The number of alkyl halides is 3. The topological polar surface area (TPSA) is 113 Å². The van der Waals surface area contributed by atoms with Gasteiger partial charge >= 0.3 is 12.1 Å². The molecule has 1 aromatic carbocycles. The van der Waals surface area contributed by atoms with Gasteiger partial charge in [0.2, 0.25) is 0 Å². The van der Waals surface area contributed by atoms with Crippen molar-refractivity contribution in [2.24, 2.45) is 0 Å². The summed E-state index contributed by atoms with van der Waals surface area (Å²) in [4.78, 5) is 35.2. The first kappa shape index (κ1) is 33.1. The Morgan fingerprint density at radius 1 is 1.18 bits per heavy atom. The third-order valence-electron chi connectivity index (χ3n) is 8.04. The minimum Gasteiger partial charge on any atom is -0.492 e. The number of hydrogen-bond donors (Lipinski definition) is 1. The zero-order chi connectivity index (χ0) is 32.6. The molecule has 1 aromatic heterocycles. The predicted octanol–water partition coefficient (Wildman–Crippen LogP) is 4.31. The van der Waals surface area contributed by atoms with Gasteiger partial charge in [-0.1, -0.05) is 6.92 Å². The molecule has 1 amide bonds. The summed E-state index contributed by atoms with van der Waals surface area (Å²) in [6.07, 6.45) is -3.19. The highest BCUT2D eigenvalue weighted by molar-refractivity contribution is 7.81. The molecule has 44 heavy (non-hydrogen) atoms. The van der Waals surface area contributed by atoms with Crippen molar-refractivity contribution in [2.75, 3.05) is 49.1 Å². The lowest BCUT2D eigenvalue weighted by Gasteiger charge is -2.46.